The molecule has 0 radical (unpaired) electrons. The topological polar surface area (TPSA) is 183 Å². The van der Waals surface area contributed by atoms with Crippen LogP contribution in [0.2, 0.25) is 0 Å². The van der Waals surface area contributed by atoms with Crippen LogP contribution in [0, 0.1) is 17.8 Å². The molecule has 41 heavy (non-hydrogen) atoms. The molecule has 0 saturated carbocycles. The summed E-state index contributed by atoms with van der Waals surface area (Å²) in [5.74, 6) is -2.99. The van der Waals surface area contributed by atoms with Gasteiger partial charge in [-0.05, 0) is 37.5 Å². The van der Waals surface area contributed by atoms with Gasteiger partial charge in [0.15, 0.2) is 5.78 Å². The number of rotatable bonds is 21. The van der Waals surface area contributed by atoms with Crippen LogP contribution >= 0.6 is 0 Å². The number of aliphatic carboxylic acids is 1. The minimum Gasteiger partial charge on any atom is -0.481 e. The van der Waals surface area contributed by atoms with E-state index < -0.39 is 35.9 Å². The first-order valence-corrected chi connectivity index (χ1v) is 14.7. The van der Waals surface area contributed by atoms with Gasteiger partial charge in [-0.15, -0.1) is 0 Å². The lowest BCUT2D eigenvalue weighted by Gasteiger charge is -2.27. The molecule has 0 aliphatic rings. The summed E-state index contributed by atoms with van der Waals surface area (Å²) in [6.07, 6.45) is 1.50. The molecular formula is C29H53N5O7. The van der Waals surface area contributed by atoms with Gasteiger partial charge in [0.25, 0.3) is 0 Å². The molecule has 3 atom stereocenters. The number of hydrogen-bond acceptors (Lipinski definition) is 7. The zero-order valence-corrected chi connectivity index (χ0v) is 26.1. The normalized spacial score (nSPS) is 13.6. The van der Waals surface area contributed by atoms with E-state index in [-0.39, 0.29) is 60.8 Å². The second-order valence-corrected chi connectivity index (χ2v) is 11.9. The van der Waals surface area contributed by atoms with Crippen LogP contribution in [0.5, 0.6) is 0 Å². The molecule has 0 aromatic rings. The third-order valence-electron chi connectivity index (χ3n) is 6.28. The van der Waals surface area contributed by atoms with Crippen molar-refractivity contribution in [2.75, 3.05) is 13.1 Å². The monoisotopic (exact) mass is 583 g/mol. The lowest BCUT2D eigenvalue weighted by atomic mass is 9.97. The maximum atomic E-state index is 13.0. The van der Waals surface area contributed by atoms with Gasteiger partial charge < -0.3 is 31.7 Å². The van der Waals surface area contributed by atoms with Crippen LogP contribution in [-0.2, 0) is 28.8 Å². The molecule has 0 aromatic heterocycles. The molecule has 0 bridgehead atoms. The molecule has 3 unspecified atom stereocenters. The first kappa shape index (κ1) is 38.0. The highest BCUT2D eigenvalue weighted by atomic mass is 16.4. The molecule has 4 amide bonds. The van der Waals surface area contributed by atoms with E-state index in [1.807, 2.05) is 41.5 Å². The Morgan fingerprint density at radius 1 is 0.707 bits per heavy atom. The molecule has 12 nitrogen and oxygen atoms in total. The van der Waals surface area contributed by atoms with Crippen LogP contribution in [0.4, 0.5) is 0 Å². The fourth-order valence-electron chi connectivity index (χ4n) is 4.13. The fraction of sp³-hybridized carbons (Fsp3) is 0.793. The Morgan fingerprint density at radius 3 is 1.85 bits per heavy atom. The Kier molecular flexibility index (Phi) is 18.5. The Morgan fingerprint density at radius 2 is 1.34 bits per heavy atom. The summed E-state index contributed by atoms with van der Waals surface area (Å²) in [6, 6.07) is -1.95. The largest absolute Gasteiger partial charge is 0.481 e. The van der Waals surface area contributed by atoms with Gasteiger partial charge in [-0.25, -0.2) is 0 Å². The second kappa shape index (κ2) is 20.0. The van der Waals surface area contributed by atoms with Gasteiger partial charge in [-0.2, -0.15) is 0 Å². The van der Waals surface area contributed by atoms with Crippen molar-refractivity contribution in [1.29, 1.82) is 0 Å². The van der Waals surface area contributed by atoms with Crippen LogP contribution in [0.25, 0.3) is 0 Å². The minimum absolute atomic E-state index is 0.00886. The summed E-state index contributed by atoms with van der Waals surface area (Å²) in [6.45, 7) is 15.1. The smallest absolute Gasteiger partial charge is 0.303 e. The van der Waals surface area contributed by atoms with Gasteiger partial charge in [-0.1, -0.05) is 55.4 Å². The maximum Gasteiger partial charge on any atom is 0.303 e. The summed E-state index contributed by atoms with van der Waals surface area (Å²) >= 11 is 0. The van der Waals surface area contributed by atoms with Crippen LogP contribution in [0.15, 0.2) is 0 Å². The van der Waals surface area contributed by atoms with E-state index in [0.717, 1.165) is 0 Å². The van der Waals surface area contributed by atoms with E-state index in [1.165, 1.54) is 0 Å². The van der Waals surface area contributed by atoms with E-state index in [1.54, 1.807) is 13.8 Å². The number of carbonyl (C=O) groups excluding carboxylic acids is 5. The van der Waals surface area contributed by atoms with Crippen LogP contribution in [0.3, 0.4) is 0 Å². The van der Waals surface area contributed by atoms with Crippen molar-refractivity contribution < 1.29 is 33.9 Å². The van der Waals surface area contributed by atoms with Crippen LogP contribution in [0.1, 0.15) is 93.9 Å². The summed E-state index contributed by atoms with van der Waals surface area (Å²) in [5.41, 5.74) is 0. The number of carboxylic acid groups (broad SMARTS) is 1. The SMILES string of the molecule is CC(C)CC(NC(=O)C(NC(C)C)C(C)C)C(=O)NCC(=O)NC(CCCCNC(=O)CCC(=O)O)C(=O)C(C)C. The first-order valence-electron chi connectivity index (χ1n) is 14.7. The molecule has 0 saturated heterocycles. The molecule has 0 aliphatic carbocycles. The predicted molar refractivity (Wildman–Crippen MR) is 157 cm³/mol. The zero-order valence-electron chi connectivity index (χ0n) is 26.1. The van der Waals surface area contributed by atoms with E-state index in [9.17, 15) is 28.8 Å². The number of carboxylic acids is 1. The number of ketones is 1. The van der Waals surface area contributed by atoms with Crippen molar-refractivity contribution in [3.63, 3.8) is 0 Å². The van der Waals surface area contributed by atoms with Crippen molar-refractivity contribution in [3.05, 3.63) is 0 Å². The molecule has 0 aliphatic heterocycles. The number of Topliss-reactive ketones (excluding diaryl/α,β-unsaturated/α-hetero) is 1. The van der Waals surface area contributed by atoms with Crippen molar-refractivity contribution in [2.24, 2.45) is 17.8 Å². The van der Waals surface area contributed by atoms with Gasteiger partial charge in [0.2, 0.25) is 23.6 Å². The van der Waals surface area contributed by atoms with Crippen LogP contribution < -0.4 is 26.6 Å². The molecule has 6 N–H and O–H groups in total. The zero-order chi connectivity index (χ0) is 31.7. The number of hydrogen-bond donors (Lipinski definition) is 6. The van der Waals surface area contributed by atoms with E-state index in [0.29, 0.717) is 32.2 Å². The highest BCUT2D eigenvalue weighted by Gasteiger charge is 2.29. The Bertz CT molecular complexity index is 874. The van der Waals surface area contributed by atoms with Gasteiger partial charge in [-0.3, -0.25) is 28.8 Å². The molecule has 12 heteroatoms. The number of amides is 4. The molecule has 0 spiro atoms. The van der Waals surface area contributed by atoms with E-state index >= 15 is 0 Å². The van der Waals surface area contributed by atoms with Gasteiger partial charge in [0.05, 0.1) is 25.0 Å². The van der Waals surface area contributed by atoms with E-state index in [4.69, 9.17) is 5.11 Å². The number of unbranched alkanes of at least 4 members (excludes halogenated alkanes) is 1. The summed E-state index contributed by atoms with van der Waals surface area (Å²) in [7, 11) is 0. The molecule has 0 fully saturated rings. The molecule has 236 valence electrons. The summed E-state index contributed by atoms with van der Waals surface area (Å²) < 4.78 is 0. The molecule has 0 aromatic carbocycles. The first-order chi connectivity index (χ1) is 19.0. The Hall–Kier alpha value is -3.02. The van der Waals surface area contributed by atoms with E-state index in [2.05, 4.69) is 26.6 Å². The van der Waals surface area contributed by atoms with Gasteiger partial charge in [0.1, 0.15) is 6.04 Å². The number of nitrogens with one attached hydrogen (secondary N) is 5. The lowest BCUT2D eigenvalue weighted by Crippen LogP contribution is -2.56. The van der Waals surface area contributed by atoms with Crippen molar-refractivity contribution in [1.82, 2.24) is 26.6 Å². The molecule has 0 heterocycles. The number of carbonyl (C=O) groups is 6. The fourth-order valence-corrected chi connectivity index (χ4v) is 4.13. The quantitative estimate of drug-likeness (QED) is 0.110. The maximum absolute atomic E-state index is 13.0. The molecule has 0 rings (SSSR count). The Labute approximate surface area is 244 Å². The minimum atomic E-state index is -1.04. The van der Waals surface area contributed by atoms with Crippen LogP contribution in [-0.4, -0.2) is 77.7 Å². The van der Waals surface area contributed by atoms with Gasteiger partial charge in [0, 0.05) is 24.9 Å². The average molecular weight is 584 g/mol. The molecular weight excluding hydrogens is 530 g/mol. The standard InChI is InChI=1S/C29H53N5O7/c1-17(2)15-22(34-29(41)26(18(3)4)32-20(7)8)28(40)31-16-24(36)33-21(27(39)19(5)6)11-9-10-14-30-23(35)12-13-25(37)38/h17-22,26,32H,9-16H2,1-8H3,(H,30,35)(H,31,40)(H,33,36)(H,34,41)(H,37,38). The van der Waals surface area contributed by atoms with Crippen molar-refractivity contribution in [3.8, 4) is 0 Å². The second-order valence-electron chi connectivity index (χ2n) is 11.9. The Balaban J connectivity index is 5.02. The highest BCUT2D eigenvalue weighted by Crippen LogP contribution is 2.10. The highest BCUT2D eigenvalue weighted by molar-refractivity contribution is 5.94. The lowest BCUT2D eigenvalue weighted by molar-refractivity contribution is -0.138. The van der Waals surface area contributed by atoms with Gasteiger partial charge >= 0.3 is 5.97 Å². The average Bonchev–Trinajstić information content (AvgIpc) is 2.86. The predicted octanol–water partition coefficient (Wildman–Crippen LogP) is 1.52. The third-order valence-corrected chi connectivity index (χ3v) is 6.28. The third kappa shape index (κ3) is 17.4. The van der Waals surface area contributed by atoms with Crippen molar-refractivity contribution in [2.45, 2.75) is 118 Å². The summed E-state index contributed by atoms with van der Waals surface area (Å²) in [4.78, 5) is 73.5. The van der Waals surface area contributed by atoms with Crippen molar-refractivity contribution >= 4 is 35.4 Å². The summed E-state index contributed by atoms with van der Waals surface area (Å²) in [5, 5.41) is 22.6.